The van der Waals surface area contributed by atoms with Crippen LogP contribution in [0.15, 0.2) is 48.5 Å². The van der Waals surface area contributed by atoms with E-state index in [-0.39, 0.29) is 18.4 Å². The Kier molecular flexibility index (Phi) is 5.26. The molecule has 2 amide bonds. The normalized spacial score (nSPS) is 13.8. The molecule has 3 N–H and O–H groups in total. The molecular formula is C21H24N2O3. The Hall–Kier alpha value is -2.82. The molecule has 0 bridgehead atoms. The van der Waals surface area contributed by atoms with Crippen molar-refractivity contribution >= 4 is 12.0 Å². The maximum atomic E-state index is 12.2. The molecular weight excluding hydrogens is 328 g/mol. The Morgan fingerprint density at radius 3 is 2.08 bits per heavy atom. The van der Waals surface area contributed by atoms with Crippen molar-refractivity contribution in [2.75, 3.05) is 6.61 Å². The molecule has 0 aliphatic heterocycles. The first-order valence-corrected chi connectivity index (χ1v) is 8.88. The van der Waals surface area contributed by atoms with Crippen LogP contribution in [0.3, 0.4) is 0 Å². The monoisotopic (exact) mass is 352 g/mol. The molecule has 0 fully saturated rings. The number of fused-ring (bicyclic) bond motifs is 3. The van der Waals surface area contributed by atoms with Crippen LogP contribution in [0.25, 0.3) is 11.1 Å². The van der Waals surface area contributed by atoms with Crippen LogP contribution in [-0.4, -0.2) is 24.6 Å². The van der Waals surface area contributed by atoms with Crippen molar-refractivity contribution < 1.29 is 14.3 Å². The number of rotatable bonds is 6. The third kappa shape index (κ3) is 3.72. The smallest absolute Gasteiger partial charge is 0.407 e. The largest absolute Gasteiger partial charge is 0.449 e. The molecule has 2 aromatic rings. The number of nitrogens with one attached hydrogen (secondary N) is 1. The van der Waals surface area contributed by atoms with Crippen molar-refractivity contribution in [3.05, 3.63) is 59.7 Å². The lowest BCUT2D eigenvalue weighted by atomic mass is 9.98. The van der Waals surface area contributed by atoms with E-state index in [1.165, 1.54) is 11.1 Å². The highest BCUT2D eigenvalue weighted by Crippen LogP contribution is 2.44. The third-order valence-electron chi connectivity index (χ3n) is 4.69. The molecule has 1 aliphatic rings. The predicted molar refractivity (Wildman–Crippen MR) is 101 cm³/mol. The molecule has 2 aromatic carbocycles. The summed E-state index contributed by atoms with van der Waals surface area (Å²) in [4.78, 5) is 23.7. The number of primary amides is 1. The molecule has 0 saturated carbocycles. The maximum Gasteiger partial charge on any atom is 0.407 e. The maximum absolute atomic E-state index is 12.2. The first kappa shape index (κ1) is 18.0. The van der Waals surface area contributed by atoms with Crippen LogP contribution >= 0.6 is 0 Å². The summed E-state index contributed by atoms with van der Waals surface area (Å²) >= 11 is 0. The van der Waals surface area contributed by atoms with Crippen molar-refractivity contribution in [1.82, 2.24) is 5.32 Å². The van der Waals surface area contributed by atoms with Gasteiger partial charge in [-0.2, -0.15) is 0 Å². The minimum Gasteiger partial charge on any atom is -0.449 e. The van der Waals surface area contributed by atoms with E-state index in [1.54, 1.807) is 0 Å². The molecule has 5 nitrogen and oxygen atoms in total. The quantitative estimate of drug-likeness (QED) is 0.836. The lowest BCUT2D eigenvalue weighted by Crippen LogP contribution is -2.45. The topological polar surface area (TPSA) is 81.4 Å². The highest BCUT2D eigenvalue weighted by atomic mass is 16.5. The molecule has 5 heteroatoms. The lowest BCUT2D eigenvalue weighted by Gasteiger charge is -2.19. The molecule has 0 spiro atoms. The van der Waals surface area contributed by atoms with Gasteiger partial charge in [0.2, 0.25) is 5.91 Å². The van der Waals surface area contributed by atoms with Crippen molar-refractivity contribution in [1.29, 1.82) is 0 Å². The zero-order chi connectivity index (χ0) is 18.7. The first-order chi connectivity index (χ1) is 12.5. The molecule has 1 unspecified atom stereocenters. The second-order valence-electron chi connectivity index (χ2n) is 7.05. The van der Waals surface area contributed by atoms with E-state index in [9.17, 15) is 9.59 Å². The average molecular weight is 352 g/mol. The number of hydrogen-bond donors (Lipinski definition) is 2. The van der Waals surface area contributed by atoms with Gasteiger partial charge in [0.1, 0.15) is 12.6 Å². The Bertz CT molecular complexity index is 771. The lowest BCUT2D eigenvalue weighted by molar-refractivity contribution is -0.120. The predicted octanol–water partition coefficient (Wildman–Crippen LogP) is 3.43. The van der Waals surface area contributed by atoms with Crippen LogP contribution in [0.5, 0.6) is 0 Å². The van der Waals surface area contributed by atoms with Gasteiger partial charge >= 0.3 is 6.09 Å². The van der Waals surface area contributed by atoms with Gasteiger partial charge in [-0.05, 0) is 34.6 Å². The van der Waals surface area contributed by atoms with E-state index < -0.39 is 18.0 Å². The summed E-state index contributed by atoms with van der Waals surface area (Å²) in [5.74, 6) is -0.320. The molecule has 0 radical (unpaired) electrons. The molecule has 136 valence electrons. The van der Waals surface area contributed by atoms with Crippen molar-refractivity contribution in [2.45, 2.75) is 32.2 Å². The minimum absolute atomic E-state index is 0.00900. The molecule has 1 aliphatic carbocycles. The van der Waals surface area contributed by atoms with E-state index >= 15 is 0 Å². The van der Waals surface area contributed by atoms with Crippen molar-refractivity contribution in [3.63, 3.8) is 0 Å². The Morgan fingerprint density at radius 2 is 1.58 bits per heavy atom. The SMILES string of the molecule is CC(C)CC(NC(=O)OCC1c2ccccc2-c2ccccc21)C(N)=O. The van der Waals surface area contributed by atoms with Crippen molar-refractivity contribution in [3.8, 4) is 11.1 Å². The number of nitrogens with two attached hydrogens (primary N) is 1. The second-order valence-corrected chi connectivity index (χ2v) is 7.05. The standard InChI is InChI=1S/C21H24N2O3/c1-13(2)11-19(20(22)24)23-21(25)26-12-18-16-9-5-3-7-14(16)15-8-4-6-10-17(15)18/h3-10,13,18-19H,11-12H2,1-2H3,(H2,22,24)(H,23,25). The summed E-state index contributed by atoms with van der Waals surface area (Å²) in [6.07, 6.45) is -0.129. The van der Waals surface area contributed by atoms with Gasteiger partial charge in [-0.15, -0.1) is 0 Å². The molecule has 0 heterocycles. The molecule has 0 aromatic heterocycles. The first-order valence-electron chi connectivity index (χ1n) is 8.88. The van der Waals surface area contributed by atoms with Crippen LogP contribution in [-0.2, 0) is 9.53 Å². The number of alkyl carbamates (subject to hydrolysis) is 1. The van der Waals surface area contributed by atoms with Gasteiger partial charge in [-0.3, -0.25) is 4.79 Å². The van der Waals surface area contributed by atoms with Crippen molar-refractivity contribution in [2.24, 2.45) is 11.7 Å². The fourth-order valence-electron chi connectivity index (χ4n) is 3.50. The van der Waals surface area contributed by atoms with E-state index in [0.29, 0.717) is 6.42 Å². The molecule has 26 heavy (non-hydrogen) atoms. The van der Waals surface area contributed by atoms with Gasteiger partial charge in [0.25, 0.3) is 0 Å². The van der Waals surface area contributed by atoms with E-state index in [4.69, 9.17) is 10.5 Å². The van der Waals surface area contributed by atoms with E-state index in [1.807, 2.05) is 38.1 Å². The number of ether oxygens (including phenoxy) is 1. The zero-order valence-corrected chi connectivity index (χ0v) is 15.1. The fourth-order valence-corrected chi connectivity index (χ4v) is 3.50. The Morgan fingerprint density at radius 1 is 1.04 bits per heavy atom. The van der Waals surface area contributed by atoms with Gasteiger partial charge < -0.3 is 15.8 Å². The van der Waals surface area contributed by atoms with E-state index in [2.05, 4.69) is 29.6 Å². The van der Waals surface area contributed by atoms with E-state index in [0.717, 1.165) is 11.1 Å². The average Bonchev–Trinajstić information content (AvgIpc) is 2.93. The highest BCUT2D eigenvalue weighted by molar-refractivity contribution is 5.84. The second kappa shape index (κ2) is 7.60. The number of benzene rings is 2. The summed E-state index contributed by atoms with van der Waals surface area (Å²) in [5, 5.41) is 2.58. The van der Waals surface area contributed by atoms with Crippen LogP contribution in [0.1, 0.15) is 37.3 Å². The summed E-state index contributed by atoms with van der Waals surface area (Å²) in [5.41, 5.74) is 10.0. The number of carbonyl (C=O) groups is 2. The summed E-state index contributed by atoms with van der Waals surface area (Å²) in [7, 11) is 0. The van der Waals surface area contributed by atoms with Gasteiger partial charge in [0, 0.05) is 5.92 Å². The van der Waals surface area contributed by atoms with Crippen LogP contribution < -0.4 is 11.1 Å². The fraction of sp³-hybridized carbons (Fsp3) is 0.333. The summed E-state index contributed by atoms with van der Waals surface area (Å²) in [6.45, 7) is 4.15. The number of amides is 2. The minimum atomic E-state index is -0.717. The summed E-state index contributed by atoms with van der Waals surface area (Å²) in [6, 6.07) is 15.6. The Labute approximate surface area is 153 Å². The summed E-state index contributed by atoms with van der Waals surface area (Å²) < 4.78 is 5.44. The van der Waals surface area contributed by atoms with Crippen LogP contribution in [0.2, 0.25) is 0 Å². The van der Waals surface area contributed by atoms with Gasteiger partial charge in [0.05, 0.1) is 0 Å². The third-order valence-corrected chi connectivity index (χ3v) is 4.69. The molecule has 1 atom stereocenters. The molecule has 3 rings (SSSR count). The van der Waals surface area contributed by atoms with Gasteiger partial charge in [-0.1, -0.05) is 62.4 Å². The number of carbonyl (C=O) groups excluding carboxylic acids is 2. The van der Waals surface area contributed by atoms with Gasteiger partial charge in [-0.25, -0.2) is 4.79 Å². The zero-order valence-electron chi connectivity index (χ0n) is 15.1. The Balaban J connectivity index is 1.70. The molecule has 0 saturated heterocycles. The number of hydrogen-bond acceptors (Lipinski definition) is 3. The highest BCUT2D eigenvalue weighted by Gasteiger charge is 2.29. The van der Waals surface area contributed by atoms with Gasteiger partial charge in [0.15, 0.2) is 0 Å². The van der Waals surface area contributed by atoms with Crippen LogP contribution in [0.4, 0.5) is 4.79 Å². The van der Waals surface area contributed by atoms with Crippen LogP contribution in [0, 0.1) is 5.92 Å².